The van der Waals surface area contributed by atoms with Gasteiger partial charge in [-0.15, -0.1) is 0 Å². The molecule has 2 aromatic heterocycles. The van der Waals surface area contributed by atoms with Crippen molar-refractivity contribution in [1.29, 1.82) is 0 Å². The van der Waals surface area contributed by atoms with Crippen molar-refractivity contribution in [2.75, 3.05) is 11.9 Å². The molecule has 0 atom stereocenters. The van der Waals surface area contributed by atoms with Crippen LogP contribution in [0.25, 0.3) is 17.1 Å². The SMILES string of the molecule is Clc1ccccc1-n1nc(-c2ccccn2)c2c1NCC2. The first-order valence-electron chi connectivity index (χ1n) is 6.86. The van der Waals surface area contributed by atoms with Crippen LogP contribution in [0.5, 0.6) is 0 Å². The predicted octanol–water partition coefficient (Wildman–Crippen LogP) is 3.56. The Hall–Kier alpha value is -2.33. The molecule has 1 aromatic carbocycles. The van der Waals surface area contributed by atoms with Gasteiger partial charge in [0, 0.05) is 18.3 Å². The molecule has 21 heavy (non-hydrogen) atoms. The number of aromatic nitrogens is 3. The van der Waals surface area contributed by atoms with E-state index in [-0.39, 0.29) is 0 Å². The molecule has 5 heteroatoms. The van der Waals surface area contributed by atoms with Gasteiger partial charge in [-0.3, -0.25) is 4.98 Å². The Morgan fingerprint density at radius 2 is 1.95 bits per heavy atom. The van der Waals surface area contributed by atoms with E-state index in [1.54, 1.807) is 6.20 Å². The molecule has 0 radical (unpaired) electrons. The fourth-order valence-electron chi connectivity index (χ4n) is 2.68. The van der Waals surface area contributed by atoms with E-state index >= 15 is 0 Å². The zero-order valence-electron chi connectivity index (χ0n) is 11.3. The summed E-state index contributed by atoms with van der Waals surface area (Å²) < 4.78 is 1.88. The number of nitrogens with zero attached hydrogens (tertiary/aromatic N) is 3. The van der Waals surface area contributed by atoms with E-state index in [0.29, 0.717) is 5.02 Å². The Balaban J connectivity index is 1.93. The summed E-state index contributed by atoms with van der Waals surface area (Å²) in [5, 5.41) is 8.82. The Kier molecular flexibility index (Phi) is 2.89. The van der Waals surface area contributed by atoms with Gasteiger partial charge in [0.1, 0.15) is 11.5 Å². The standard InChI is InChI=1S/C16H13ClN4/c17-12-5-1-2-7-14(12)21-16-11(8-10-19-16)15(20-21)13-6-3-4-9-18-13/h1-7,9,19H,8,10H2. The fraction of sp³-hybridized carbons (Fsp3) is 0.125. The number of pyridine rings is 1. The average Bonchev–Trinajstić information content (AvgIpc) is 3.11. The van der Waals surface area contributed by atoms with Gasteiger partial charge in [0.25, 0.3) is 0 Å². The molecular weight excluding hydrogens is 284 g/mol. The number of halogens is 1. The zero-order valence-corrected chi connectivity index (χ0v) is 12.0. The van der Waals surface area contributed by atoms with Crippen LogP contribution in [0, 0.1) is 0 Å². The first-order valence-corrected chi connectivity index (χ1v) is 7.24. The highest BCUT2D eigenvalue weighted by atomic mass is 35.5. The second-order valence-corrected chi connectivity index (χ2v) is 5.34. The Labute approximate surface area is 127 Å². The van der Waals surface area contributed by atoms with Crippen molar-refractivity contribution in [2.24, 2.45) is 0 Å². The fourth-order valence-corrected chi connectivity index (χ4v) is 2.90. The lowest BCUT2D eigenvalue weighted by Crippen LogP contribution is -2.04. The molecule has 1 aliphatic rings. The van der Waals surface area contributed by atoms with Crippen molar-refractivity contribution >= 4 is 17.4 Å². The lowest BCUT2D eigenvalue weighted by molar-refractivity contribution is 0.880. The van der Waals surface area contributed by atoms with Crippen molar-refractivity contribution in [2.45, 2.75) is 6.42 Å². The van der Waals surface area contributed by atoms with Crippen LogP contribution in [0.15, 0.2) is 48.7 Å². The molecule has 0 saturated heterocycles. The summed E-state index contributed by atoms with van der Waals surface area (Å²) in [7, 11) is 0. The average molecular weight is 297 g/mol. The van der Waals surface area contributed by atoms with Crippen LogP contribution < -0.4 is 5.32 Å². The lowest BCUT2D eigenvalue weighted by Gasteiger charge is -2.07. The molecule has 104 valence electrons. The molecule has 4 nitrogen and oxygen atoms in total. The van der Waals surface area contributed by atoms with Crippen LogP contribution in [0.4, 0.5) is 5.82 Å². The third-order valence-corrected chi connectivity index (χ3v) is 3.96. The maximum absolute atomic E-state index is 6.31. The molecule has 4 rings (SSSR count). The summed E-state index contributed by atoms with van der Waals surface area (Å²) in [4.78, 5) is 4.42. The van der Waals surface area contributed by atoms with E-state index in [1.807, 2.05) is 47.1 Å². The summed E-state index contributed by atoms with van der Waals surface area (Å²) >= 11 is 6.31. The molecule has 0 aliphatic carbocycles. The largest absolute Gasteiger partial charge is 0.369 e. The van der Waals surface area contributed by atoms with Crippen molar-refractivity contribution in [3.8, 4) is 17.1 Å². The number of fused-ring (bicyclic) bond motifs is 1. The molecule has 0 spiro atoms. The van der Waals surface area contributed by atoms with Gasteiger partial charge in [0.15, 0.2) is 0 Å². The van der Waals surface area contributed by atoms with Crippen LogP contribution in [0.1, 0.15) is 5.56 Å². The Morgan fingerprint density at radius 1 is 1.10 bits per heavy atom. The van der Waals surface area contributed by atoms with Crippen molar-refractivity contribution in [3.05, 3.63) is 59.2 Å². The first-order chi connectivity index (χ1) is 10.3. The molecule has 0 unspecified atom stereocenters. The second kappa shape index (κ2) is 4.90. The Bertz CT molecular complexity index is 795. The molecule has 3 heterocycles. The maximum Gasteiger partial charge on any atom is 0.133 e. The van der Waals surface area contributed by atoms with E-state index in [2.05, 4.69) is 10.3 Å². The minimum atomic E-state index is 0.684. The van der Waals surface area contributed by atoms with E-state index in [9.17, 15) is 0 Å². The second-order valence-electron chi connectivity index (χ2n) is 4.93. The molecule has 0 saturated carbocycles. The highest BCUT2D eigenvalue weighted by Gasteiger charge is 2.25. The number of hydrogen-bond donors (Lipinski definition) is 1. The zero-order chi connectivity index (χ0) is 14.2. The van der Waals surface area contributed by atoms with Gasteiger partial charge in [-0.2, -0.15) is 5.10 Å². The van der Waals surface area contributed by atoms with Crippen LogP contribution in [0.2, 0.25) is 5.02 Å². The highest BCUT2D eigenvalue weighted by Crippen LogP contribution is 2.35. The molecule has 0 fully saturated rings. The Morgan fingerprint density at radius 3 is 2.76 bits per heavy atom. The summed E-state index contributed by atoms with van der Waals surface area (Å²) in [5.74, 6) is 1.02. The minimum Gasteiger partial charge on any atom is -0.369 e. The van der Waals surface area contributed by atoms with Crippen molar-refractivity contribution < 1.29 is 0 Å². The predicted molar refractivity (Wildman–Crippen MR) is 84.0 cm³/mol. The van der Waals surface area contributed by atoms with Crippen LogP contribution >= 0.6 is 11.6 Å². The summed E-state index contributed by atoms with van der Waals surface area (Å²) in [6.45, 7) is 0.914. The van der Waals surface area contributed by atoms with Crippen molar-refractivity contribution in [3.63, 3.8) is 0 Å². The summed E-state index contributed by atoms with van der Waals surface area (Å²) in [6, 6.07) is 13.6. The molecule has 1 N–H and O–H groups in total. The maximum atomic E-state index is 6.31. The van der Waals surface area contributed by atoms with Crippen LogP contribution in [-0.4, -0.2) is 21.3 Å². The summed E-state index contributed by atoms with van der Waals surface area (Å²) in [5.41, 5.74) is 3.90. The van der Waals surface area contributed by atoms with Gasteiger partial charge in [0.05, 0.1) is 16.4 Å². The van der Waals surface area contributed by atoms with Gasteiger partial charge < -0.3 is 5.32 Å². The third kappa shape index (κ3) is 1.99. The lowest BCUT2D eigenvalue weighted by atomic mass is 10.1. The van der Waals surface area contributed by atoms with Crippen molar-refractivity contribution in [1.82, 2.24) is 14.8 Å². The monoisotopic (exact) mass is 296 g/mol. The van der Waals surface area contributed by atoms with Gasteiger partial charge in [0.2, 0.25) is 0 Å². The van der Waals surface area contributed by atoms with E-state index < -0.39 is 0 Å². The minimum absolute atomic E-state index is 0.684. The smallest absolute Gasteiger partial charge is 0.133 e. The van der Waals surface area contributed by atoms with E-state index in [1.165, 1.54) is 5.56 Å². The number of para-hydroxylation sites is 1. The normalized spacial score (nSPS) is 13.0. The topological polar surface area (TPSA) is 42.7 Å². The van der Waals surface area contributed by atoms with Gasteiger partial charge >= 0.3 is 0 Å². The van der Waals surface area contributed by atoms with Gasteiger partial charge in [-0.1, -0.05) is 29.8 Å². The third-order valence-electron chi connectivity index (χ3n) is 3.64. The molecular formula is C16H13ClN4. The first kappa shape index (κ1) is 12.4. The van der Waals surface area contributed by atoms with Crippen LogP contribution in [-0.2, 0) is 6.42 Å². The number of nitrogens with one attached hydrogen (secondary N) is 1. The van der Waals surface area contributed by atoms with Crippen LogP contribution in [0.3, 0.4) is 0 Å². The number of anilines is 1. The molecule has 3 aromatic rings. The van der Waals surface area contributed by atoms with E-state index in [4.69, 9.17) is 16.7 Å². The highest BCUT2D eigenvalue weighted by molar-refractivity contribution is 6.32. The molecule has 0 amide bonds. The van der Waals surface area contributed by atoms with Gasteiger partial charge in [-0.25, -0.2) is 4.68 Å². The number of hydrogen-bond acceptors (Lipinski definition) is 3. The summed E-state index contributed by atoms with van der Waals surface area (Å²) in [6.07, 6.45) is 2.74. The van der Waals surface area contributed by atoms with E-state index in [0.717, 1.165) is 35.9 Å². The quantitative estimate of drug-likeness (QED) is 0.786. The number of rotatable bonds is 2. The molecule has 1 aliphatic heterocycles. The molecule has 0 bridgehead atoms. The number of benzene rings is 1. The van der Waals surface area contributed by atoms with Gasteiger partial charge in [-0.05, 0) is 30.7 Å².